The van der Waals surface area contributed by atoms with E-state index in [-0.39, 0.29) is 29.3 Å². The molecule has 0 aromatic heterocycles. The quantitative estimate of drug-likeness (QED) is 0.665. The van der Waals surface area contributed by atoms with Crippen LogP contribution in [0.1, 0.15) is 40.0 Å². The van der Waals surface area contributed by atoms with Gasteiger partial charge in [0.05, 0.1) is 4.90 Å². The van der Waals surface area contributed by atoms with Crippen molar-refractivity contribution in [3.05, 3.63) is 64.7 Å². The predicted molar refractivity (Wildman–Crippen MR) is 113 cm³/mol. The van der Waals surface area contributed by atoms with Gasteiger partial charge in [-0.3, -0.25) is 4.79 Å². The van der Waals surface area contributed by atoms with Crippen molar-refractivity contribution in [1.29, 1.82) is 0 Å². The standard InChI is InChI=1S/C20H25N3O3S.ClH/c1-3-23-27(25,26)16-9-8-14(2)18(12-16)20(24)22-13-19-17-7-5-4-6-15(17)10-11-21-19;/h4-9,12,19,21,23H,3,10-11,13H2,1-2H3,(H,22,24);1H. The summed E-state index contributed by atoms with van der Waals surface area (Å²) in [6.45, 7) is 5.12. The molecule has 0 spiro atoms. The molecular formula is C20H26ClN3O3S. The SMILES string of the molecule is CCNS(=O)(=O)c1ccc(C)c(C(=O)NCC2NCCc3ccccc32)c1.Cl. The third kappa shape index (κ3) is 4.91. The highest BCUT2D eigenvalue weighted by Crippen LogP contribution is 2.22. The van der Waals surface area contributed by atoms with Gasteiger partial charge >= 0.3 is 0 Å². The highest BCUT2D eigenvalue weighted by Gasteiger charge is 2.21. The lowest BCUT2D eigenvalue weighted by atomic mass is 9.94. The van der Waals surface area contributed by atoms with Crippen LogP contribution in [0.3, 0.4) is 0 Å². The van der Waals surface area contributed by atoms with Gasteiger partial charge in [0.2, 0.25) is 10.0 Å². The first kappa shape index (κ1) is 22.4. The Morgan fingerprint density at radius 3 is 2.71 bits per heavy atom. The van der Waals surface area contributed by atoms with Crippen molar-refractivity contribution in [2.75, 3.05) is 19.6 Å². The predicted octanol–water partition coefficient (Wildman–Crippen LogP) is 2.33. The zero-order valence-corrected chi connectivity index (χ0v) is 17.6. The van der Waals surface area contributed by atoms with Gasteiger partial charge in [-0.15, -0.1) is 12.4 Å². The Labute approximate surface area is 172 Å². The fourth-order valence-corrected chi connectivity index (χ4v) is 4.42. The molecule has 0 bridgehead atoms. The Balaban J connectivity index is 0.00000280. The topological polar surface area (TPSA) is 87.3 Å². The Bertz CT molecular complexity index is 947. The maximum atomic E-state index is 12.7. The summed E-state index contributed by atoms with van der Waals surface area (Å²) in [5, 5.41) is 6.37. The van der Waals surface area contributed by atoms with Gasteiger partial charge in [0.25, 0.3) is 5.91 Å². The largest absolute Gasteiger partial charge is 0.350 e. The maximum Gasteiger partial charge on any atom is 0.251 e. The number of fused-ring (bicyclic) bond motifs is 1. The Morgan fingerprint density at radius 1 is 1.21 bits per heavy atom. The van der Waals surface area contributed by atoms with Crippen LogP contribution >= 0.6 is 12.4 Å². The lowest BCUT2D eigenvalue weighted by Crippen LogP contribution is -2.39. The number of halogens is 1. The molecule has 2 aromatic rings. The second-order valence-corrected chi connectivity index (χ2v) is 8.41. The van der Waals surface area contributed by atoms with Crippen LogP contribution in [0, 0.1) is 6.92 Å². The monoisotopic (exact) mass is 423 g/mol. The molecule has 0 saturated carbocycles. The van der Waals surface area contributed by atoms with E-state index >= 15 is 0 Å². The summed E-state index contributed by atoms with van der Waals surface area (Å²) in [6.07, 6.45) is 0.976. The fraction of sp³-hybridized carbons (Fsp3) is 0.350. The minimum absolute atomic E-state index is 0. The zero-order chi connectivity index (χ0) is 19.4. The summed E-state index contributed by atoms with van der Waals surface area (Å²) in [5.41, 5.74) is 3.60. The Kier molecular flexibility index (Phi) is 7.60. The van der Waals surface area contributed by atoms with Crippen molar-refractivity contribution in [1.82, 2.24) is 15.4 Å². The van der Waals surface area contributed by atoms with Gasteiger partial charge in [-0.2, -0.15) is 0 Å². The van der Waals surface area contributed by atoms with Gasteiger partial charge < -0.3 is 10.6 Å². The van der Waals surface area contributed by atoms with Crippen LogP contribution in [-0.2, 0) is 16.4 Å². The van der Waals surface area contributed by atoms with E-state index in [0.717, 1.165) is 18.5 Å². The molecule has 3 rings (SSSR count). The number of hydrogen-bond acceptors (Lipinski definition) is 4. The molecule has 2 aromatic carbocycles. The molecule has 1 unspecified atom stereocenters. The molecule has 0 fully saturated rings. The molecule has 8 heteroatoms. The van der Waals surface area contributed by atoms with E-state index in [9.17, 15) is 13.2 Å². The summed E-state index contributed by atoms with van der Waals surface area (Å²) < 4.78 is 26.9. The summed E-state index contributed by atoms with van der Waals surface area (Å²) in [4.78, 5) is 12.8. The molecule has 28 heavy (non-hydrogen) atoms. The number of nitrogens with one attached hydrogen (secondary N) is 3. The van der Waals surface area contributed by atoms with Crippen LogP contribution in [0.5, 0.6) is 0 Å². The Morgan fingerprint density at radius 2 is 1.96 bits per heavy atom. The van der Waals surface area contributed by atoms with E-state index in [4.69, 9.17) is 0 Å². The van der Waals surface area contributed by atoms with Gasteiger partial charge in [0, 0.05) is 24.7 Å². The van der Waals surface area contributed by atoms with E-state index in [1.165, 1.54) is 23.3 Å². The number of carbonyl (C=O) groups is 1. The first-order valence-corrected chi connectivity index (χ1v) is 10.6. The number of benzene rings is 2. The maximum absolute atomic E-state index is 12.7. The number of rotatable bonds is 6. The third-order valence-electron chi connectivity index (χ3n) is 4.78. The van der Waals surface area contributed by atoms with Crippen LogP contribution in [-0.4, -0.2) is 34.0 Å². The molecule has 152 valence electrons. The van der Waals surface area contributed by atoms with Gasteiger partial charge in [-0.05, 0) is 48.7 Å². The first-order chi connectivity index (χ1) is 12.9. The number of aryl methyl sites for hydroxylation is 1. The first-order valence-electron chi connectivity index (χ1n) is 9.12. The summed E-state index contributed by atoms with van der Waals surface area (Å²) in [7, 11) is -3.60. The molecule has 1 amide bonds. The minimum Gasteiger partial charge on any atom is -0.350 e. The zero-order valence-electron chi connectivity index (χ0n) is 16.0. The van der Waals surface area contributed by atoms with Crippen molar-refractivity contribution in [2.24, 2.45) is 0 Å². The lowest BCUT2D eigenvalue weighted by Gasteiger charge is -2.27. The number of hydrogen-bond donors (Lipinski definition) is 3. The number of carbonyl (C=O) groups excluding carboxylic acids is 1. The van der Waals surface area contributed by atoms with E-state index in [0.29, 0.717) is 18.7 Å². The molecule has 0 saturated heterocycles. The van der Waals surface area contributed by atoms with Crippen LogP contribution in [0.4, 0.5) is 0 Å². The van der Waals surface area contributed by atoms with Gasteiger partial charge in [0.15, 0.2) is 0 Å². The molecule has 1 atom stereocenters. The van der Waals surface area contributed by atoms with Gasteiger partial charge in [-0.1, -0.05) is 37.3 Å². The van der Waals surface area contributed by atoms with Crippen LogP contribution in [0.25, 0.3) is 0 Å². The molecule has 3 N–H and O–H groups in total. The number of sulfonamides is 1. The molecular weight excluding hydrogens is 398 g/mol. The normalized spacial score (nSPS) is 16.0. The summed E-state index contributed by atoms with van der Waals surface area (Å²) >= 11 is 0. The van der Waals surface area contributed by atoms with E-state index in [1.807, 2.05) is 12.1 Å². The van der Waals surface area contributed by atoms with E-state index in [1.54, 1.807) is 19.9 Å². The second kappa shape index (κ2) is 9.52. The van der Waals surface area contributed by atoms with Gasteiger partial charge in [-0.25, -0.2) is 13.1 Å². The van der Waals surface area contributed by atoms with Crippen molar-refractivity contribution in [3.8, 4) is 0 Å². The molecule has 1 aliphatic heterocycles. The van der Waals surface area contributed by atoms with E-state index < -0.39 is 10.0 Å². The molecule has 1 heterocycles. The highest BCUT2D eigenvalue weighted by atomic mass is 35.5. The second-order valence-electron chi connectivity index (χ2n) is 6.64. The average molecular weight is 424 g/mol. The summed E-state index contributed by atoms with van der Waals surface area (Å²) in [6, 6.07) is 12.9. The Hall–Kier alpha value is -1.93. The lowest BCUT2D eigenvalue weighted by molar-refractivity contribution is 0.0948. The third-order valence-corrected chi connectivity index (χ3v) is 6.32. The summed E-state index contributed by atoms with van der Waals surface area (Å²) in [5.74, 6) is -0.272. The van der Waals surface area contributed by atoms with E-state index in [2.05, 4.69) is 27.5 Å². The van der Waals surface area contributed by atoms with Crippen molar-refractivity contribution >= 4 is 28.3 Å². The molecule has 0 radical (unpaired) electrons. The van der Waals surface area contributed by atoms with Crippen LogP contribution < -0.4 is 15.4 Å². The van der Waals surface area contributed by atoms with Gasteiger partial charge in [0.1, 0.15) is 0 Å². The fourth-order valence-electron chi connectivity index (χ4n) is 3.35. The highest BCUT2D eigenvalue weighted by molar-refractivity contribution is 7.89. The van der Waals surface area contributed by atoms with Crippen molar-refractivity contribution in [3.63, 3.8) is 0 Å². The molecule has 0 aliphatic carbocycles. The average Bonchev–Trinajstić information content (AvgIpc) is 2.66. The molecule has 6 nitrogen and oxygen atoms in total. The smallest absolute Gasteiger partial charge is 0.251 e. The number of amides is 1. The van der Waals surface area contributed by atoms with Crippen LogP contribution in [0.15, 0.2) is 47.4 Å². The van der Waals surface area contributed by atoms with Crippen LogP contribution in [0.2, 0.25) is 0 Å². The van der Waals surface area contributed by atoms with Crippen molar-refractivity contribution in [2.45, 2.75) is 31.2 Å². The molecule has 1 aliphatic rings. The minimum atomic E-state index is -3.60. The van der Waals surface area contributed by atoms with Crippen molar-refractivity contribution < 1.29 is 13.2 Å².